The quantitative estimate of drug-likeness (QED) is 0.720. The molecule has 1 aliphatic rings. The van der Waals surface area contributed by atoms with Crippen LogP contribution in [0.15, 0.2) is 29.2 Å². The van der Waals surface area contributed by atoms with Crippen molar-refractivity contribution in [3.05, 3.63) is 29.8 Å². The Morgan fingerprint density at radius 2 is 1.55 bits per heavy atom. The van der Waals surface area contributed by atoms with Gasteiger partial charge in [0.1, 0.15) is 0 Å². The van der Waals surface area contributed by atoms with Gasteiger partial charge in [-0.1, -0.05) is 17.7 Å². The molecule has 3 N–H and O–H groups in total. The molecular weight excluding hydrogens is 300 g/mol. The second-order valence-electron chi connectivity index (χ2n) is 5.51. The van der Waals surface area contributed by atoms with E-state index in [9.17, 15) is 8.42 Å². The molecule has 1 fully saturated rings. The first-order valence-corrected chi connectivity index (χ1v) is 9.24. The molecule has 1 aliphatic heterocycles. The van der Waals surface area contributed by atoms with Gasteiger partial charge < -0.3 is 16.0 Å². The Morgan fingerprint density at radius 3 is 2.27 bits per heavy atom. The van der Waals surface area contributed by atoms with Crippen molar-refractivity contribution in [1.82, 2.24) is 20.3 Å². The van der Waals surface area contributed by atoms with Crippen molar-refractivity contribution in [3.63, 3.8) is 0 Å². The number of benzene rings is 1. The smallest absolute Gasteiger partial charge is 0.244 e. The van der Waals surface area contributed by atoms with Crippen molar-refractivity contribution in [2.75, 3.05) is 45.9 Å². The molecule has 22 heavy (non-hydrogen) atoms. The predicted octanol–water partition coefficient (Wildman–Crippen LogP) is 0.116. The van der Waals surface area contributed by atoms with E-state index in [0.717, 1.165) is 38.2 Å². The molecule has 6 nitrogen and oxygen atoms in total. The van der Waals surface area contributed by atoms with Gasteiger partial charge in [0.05, 0.1) is 11.6 Å². The number of hydrogen-bond donors (Lipinski definition) is 3. The summed E-state index contributed by atoms with van der Waals surface area (Å²) in [6.45, 7) is 6.90. The third-order valence-electron chi connectivity index (χ3n) is 3.67. The van der Waals surface area contributed by atoms with Crippen molar-refractivity contribution in [3.8, 4) is 0 Å². The summed E-state index contributed by atoms with van der Waals surface area (Å²) in [5.74, 6) is 0. The Labute approximate surface area is 133 Å². The third-order valence-corrected chi connectivity index (χ3v) is 5.53. The van der Waals surface area contributed by atoms with Gasteiger partial charge >= 0.3 is 0 Å². The summed E-state index contributed by atoms with van der Waals surface area (Å²) < 4.78 is 27.0. The van der Waals surface area contributed by atoms with Crippen molar-refractivity contribution < 1.29 is 8.42 Å². The van der Waals surface area contributed by atoms with Crippen LogP contribution in [0.4, 0.5) is 0 Å². The first-order valence-electron chi connectivity index (χ1n) is 7.80. The van der Waals surface area contributed by atoms with Gasteiger partial charge in [-0.3, -0.25) is 0 Å². The van der Waals surface area contributed by atoms with Crippen LogP contribution in [0.5, 0.6) is 0 Å². The summed E-state index contributed by atoms with van der Waals surface area (Å²) in [5.41, 5.74) is 1.05. The molecule has 0 unspecified atom stereocenters. The van der Waals surface area contributed by atoms with E-state index in [0.29, 0.717) is 24.7 Å². The first kappa shape index (κ1) is 17.4. The first-order chi connectivity index (χ1) is 10.6. The highest BCUT2D eigenvalue weighted by atomic mass is 32.2. The van der Waals surface area contributed by atoms with Crippen LogP contribution in [0.25, 0.3) is 0 Å². The van der Waals surface area contributed by atoms with E-state index in [2.05, 4.69) is 16.0 Å². The van der Waals surface area contributed by atoms with Gasteiger partial charge in [-0.2, -0.15) is 4.31 Å². The molecule has 0 bridgehead atoms. The predicted molar refractivity (Wildman–Crippen MR) is 88.3 cm³/mol. The molecule has 0 aromatic heterocycles. The van der Waals surface area contributed by atoms with E-state index in [1.165, 1.54) is 4.31 Å². The van der Waals surface area contributed by atoms with Crippen LogP contribution in [0.1, 0.15) is 12.0 Å². The molecule has 0 radical (unpaired) electrons. The topological polar surface area (TPSA) is 73.5 Å². The Bertz CT molecular complexity index is 533. The summed E-state index contributed by atoms with van der Waals surface area (Å²) >= 11 is 0. The third kappa shape index (κ3) is 5.03. The molecule has 1 aromatic carbocycles. The Hall–Kier alpha value is -0.990. The van der Waals surface area contributed by atoms with Gasteiger partial charge in [0.15, 0.2) is 0 Å². The van der Waals surface area contributed by atoms with Crippen LogP contribution in [0.3, 0.4) is 0 Å². The number of nitrogens with zero attached hydrogens (tertiary/aromatic N) is 1. The maximum atomic E-state index is 12.8. The zero-order valence-electron chi connectivity index (χ0n) is 13.1. The lowest BCUT2D eigenvalue weighted by Gasteiger charge is -2.23. The van der Waals surface area contributed by atoms with E-state index in [4.69, 9.17) is 0 Å². The lowest BCUT2D eigenvalue weighted by molar-refractivity contribution is 0.370. The van der Waals surface area contributed by atoms with Crippen molar-refractivity contribution in [2.45, 2.75) is 18.2 Å². The van der Waals surface area contributed by atoms with E-state index in [1.807, 2.05) is 19.1 Å². The van der Waals surface area contributed by atoms with Crippen LogP contribution < -0.4 is 16.0 Å². The second kappa shape index (κ2) is 8.59. The van der Waals surface area contributed by atoms with Gasteiger partial charge in [0.25, 0.3) is 0 Å². The largest absolute Gasteiger partial charge is 0.315 e. The summed E-state index contributed by atoms with van der Waals surface area (Å²) in [5, 5.41) is 9.81. The summed E-state index contributed by atoms with van der Waals surface area (Å²) in [7, 11) is -3.46. The standard InChI is InChI=1S/C15H26N4O2S/c1-14-3-5-15(6-4-14)22(20,21)19-12-11-17-8-2-7-16-9-10-18-13-19/h3-6,16-18H,2,7-13H2,1H3. The monoisotopic (exact) mass is 326 g/mol. The molecule has 2 rings (SSSR count). The van der Waals surface area contributed by atoms with Crippen LogP contribution in [0.2, 0.25) is 0 Å². The fourth-order valence-electron chi connectivity index (χ4n) is 2.32. The van der Waals surface area contributed by atoms with E-state index >= 15 is 0 Å². The van der Waals surface area contributed by atoms with Gasteiger partial charge in [0.2, 0.25) is 10.0 Å². The average Bonchev–Trinajstić information content (AvgIpc) is 2.48. The number of aryl methyl sites for hydroxylation is 1. The lowest BCUT2D eigenvalue weighted by Crippen LogP contribution is -2.44. The Balaban J connectivity index is 2.08. The highest BCUT2D eigenvalue weighted by Crippen LogP contribution is 2.15. The van der Waals surface area contributed by atoms with Crippen LogP contribution in [-0.4, -0.2) is 58.7 Å². The van der Waals surface area contributed by atoms with Crippen molar-refractivity contribution >= 4 is 10.0 Å². The molecule has 0 saturated carbocycles. The van der Waals surface area contributed by atoms with Crippen molar-refractivity contribution in [1.29, 1.82) is 0 Å². The molecule has 0 aliphatic carbocycles. The van der Waals surface area contributed by atoms with Gasteiger partial charge in [0, 0.05) is 26.2 Å². The van der Waals surface area contributed by atoms with E-state index < -0.39 is 10.0 Å². The molecule has 1 heterocycles. The molecule has 124 valence electrons. The molecular formula is C15H26N4O2S. The molecule has 0 spiro atoms. The molecule has 1 aromatic rings. The zero-order chi connectivity index (χ0) is 15.8. The Kier molecular flexibility index (Phi) is 6.78. The average molecular weight is 326 g/mol. The van der Waals surface area contributed by atoms with Crippen LogP contribution >= 0.6 is 0 Å². The number of sulfonamides is 1. The minimum Gasteiger partial charge on any atom is -0.315 e. The highest BCUT2D eigenvalue weighted by molar-refractivity contribution is 7.89. The Morgan fingerprint density at radius 1 is 0.909 bits per heavy atom. The van der Waals surface area contributed by atoms with Gasteiger partial charge in [-0.05, 0) is 38.6 Å². The highest BCUT2D eigenvalue weighted by Gasteiger charge is 2.23. The van der Waals surface area contributed by atoms with Crippen LogP contribution in [0, 0.1) is 6.92 Å². The number of rotatable bonds is 2. The minimum atomic E-state index is -3.46. The fourth-order valence-corrected chi connectivity index (χ4v) is 3.69. The molecule has 1 saturated heterocycles. The molecule has 7 heteroatoms. The molecule has 0 amide bonds. The zero-order valence-corrected chi connectivity index (χ0v) is 14.0. The molecule has 0 atom stereocenters. The van der Waals surface area contributed by atoms with E-state index in [1.54, 1.807) is 12.1 Å². The normalized spacial score (nSPS) is 20.0. The summed E-state index contributed by atoms with van der Waals surface area (Å²) in [6, 6.07) is 7.02. The maximum absolute atomic E-state index is 12.8. The minimum absolute atomic E-state index is 0.333. The van der Waals surface area contributed by atoms with Crippen molar-refractivity contribution in [2.24, 2.45) is 0 Å². The fraction of sp³-hybridized carbons (Fsp3) is 0.600. The maximum Gasteiger partial charge on any atom is 0.244 e. The van der Waals surface area contributed by atoms with E-state index in [-0.39, 0.29) is 0 Å². The van der Waals surface area contributed by atoms with Gasteiger partial charge in [-0.25, -0.2) is 8.42 Å². The lowest BCUT2D eigenvalue weighted by atomic mass is 10.2. The number of nitrogens with one attached hydrogen (secondary N) is 3. The summed E-state index contributed by atoms with van der Waals surface area (Å²) in [6.07, 6.45) is 1.05. The van der Waals surface area contributed by atoms with Crippen LogP contribution in [-0.2, 0) is 10.0 Å². The second-order valence-corrected chi connectivity index (χ2v) is 7.44. The summed E-state index contributed by atoms with van der Waals surface area (Å²) in [4.78, 5) is 0.352. The number of hydrogen-bond acceptors (Lipinski definition) is 5. The van der Waals surface area contributed by atoms with Gasteiger partial charge in [-0.15, -0.1) is 0 Å². The SMILES string of the molecule is Cc1ccc(S(=O)(=O)N2CCNCCCNCCNC2)cc1.